The van der Waals surface area contributed by atoms with Crippen LogP contribution in [0.3, 0.4) is 0 Å². The third-order valence-corrected chi connectivity index (χ3v) is 4.14. The van der Waals surface area contributed by atoms with Crippen LogP contribution in [-0.2, 0) is 4.79 Å². The molecule has 0 fully saturated rings. The summed E-state index contributed by atoms with van der Waals surface area (Å²) in [5, 5.41) is 8.66. The Hall–Kier alpha value is -2.69. The summed E-state index contributed by atoms with van der Waals surface area (Å²) in [6.45, 7) is 0. The molecular weight excluding hydrogens is 352 g/mol. The first kappa shape index (κ1) is 17.1. The maximum absolute atomic E-state index is 12.0. The first-order chi connectivity index (χ1) is 12.1. The van der Waals surface area contributed by atoms with E-state index in [2.05, 4.69) is 10.6 Å². The highest BCUT2D eigenvalue weighted by Gasteiger charge is 2.05. The van der Waals surface area contributed by atoms with Crippen molar-refractivity contribution >= 4 is 57.4 Å². The monoisotopic (exact) mass is 366 g/mol. The summed E-state index contributed by atoms with van der Waals surface area (Å²) in [4.78, 5) is 12.0. The molecule has 5 heteroatoms. The van der Waals surface area contributed by atoms with Gasteiger partial charge in [0.15, 0.2) is 5.11 Å². The largest absolute Gasteiger partial charge is 0.332 e. The molecule has 0 aliphatic carbocycles. The van der Waals surface area contributed by atoms with Crippen LogP contribution in [0.5, 0.6) is 0 Å². The highest BCUT2D eigenvalue weighted by molar-refractivity contribution is 7.80. The van der Waals surface area contributed by atoms with Gasteiger partial charge in [0.2, 0.25) is 5.91 Å². The predicted molar refractivity (Wildman–Crippen MR) is 109 cm³/mol. The quantitative estimate of drug-likeness (QED) is 0.505. The summed E-state index contributed by atoms with van der Waals surface area (Å²) >= 11 is 11.3. The van der Waals surface area contributed by atoms with E-state index >= 15 is 0 Å². The second kappa shape index (κ2) is 7.92. The van der Waals surface area contributed by atoms with Crippen LogP contribution in [0.4, 0.5) is 5.69 Å². The number of carbonyl (C=O) groups is 1. The van der Waals surface area contributed by atoms with E-state index in [0.29, 0.717) is 5.02 Å². The van der Waals surface area contributed by atoms with Crippen LogP contribution < -0.4 is 10.6 Å². The number of hydrogen-bond acceptors (Lipinski definition) is 2. The van der Waals surface area contributed by atoms with Gasteiger partial charge in [0.1, 0.15) is 0 Å². The minimum Gasteiger partial charge on any atom is -0.332 e. The third kappa shape index (κ3) is 4.44. The first-order valence-corrected chi connectivity index (χ1v) is 8.44. The van der Waals surface area contributed by atoms with Gasteiger partial charge in [-0.05, 0) is 41.4 Å². The standard InChI is InChI=1S/C20H15ClN2OS/c21-17-10-4-2-7-15(17)12-13-19(24)23-20(25)22-18-11-5-8-14-6-1-3-9-16(14)18/h1-13H,(H2,22,23,24,25). The minimum absolute atomic E-state index is 0.241. The van der Waals surface area contributed by atoms with Crippen molar-refractivity contribution in [1.29, 1.82) is 0 Å². The van der Waals surface area contributed by atoms with Crippen LogP contribution in [-0.4, -0.2) is 11.0 Å². The molecule has 2 N–H and O–H groups in total. The number of anilines is 1. The molecule has 124 valence electrons. The van der Waals surface area contributed by atoms with Crippen LogP contribution in [0.25, 0.3) is 16.8 Å². The van der Waals surface area contributed by atoms with Crippen LogP contribution in [0.15, 0.2) is 72.8 Å². The fourth-order valence-electron chi connectivity index (χ4n) is 2.42. The lowest BCUT2D eigenvalue weighted by Gasteiger charge is -2.10. The Labute approximate surface area is 156 Å². The highest BCUT2D eigenvalue weighted by Crippen LogP contribution is 2.22. The van der Waals surface area contributed by atoms with Crippen molar-refractivity contribution in [2.45, 2.75) is 0 Å². The molecule has 25 heavy (non-hydrogen) atoms. The Morgan fingerprint density at radius 1 is 0.960 bits per heavy atom. The van der Waals surface area contributed by atoms with Gasteiger partial charge in [0.25, 0.3) is 0 Å². The molecule has 3 aromatic carbocycles. The summed E-state index contributed by atoms with van der Waals surface area (Å²) in [5.74, 6) is -0.322. The lowest BCUT2D eigenvalue weighted by atomic mass is 10.1. The molecule has 0 atom stereocenters. The van der Waals surface area contributed by atoms with Crippen molar-refractivity contribution in [2.75, 3.05) is 5.32 Å². The number of thiocarbonyl (C=S) groups is 1. The Bertz CT molecular complexity index is 963. The van der Waals surface area contributed by atoms with Gasteiger partial charge in [0, 0.05) is 22.2 Å². The lowest BCUT2D eigenvalue weighted by molar-refractivity contribution is -0.115. The molecular formula is C20H15ClN2OS. The highest BCUT2D eigenvalue weighted by atomic mass is 35.5. The summed E-state index contributed by atoms with van der Waals surface area (Å²) in [6.07, 6.45) is 3.05. The van der Waals surface area contributed by atoms with Gasteiger partial charge in [-0.15, -0.1) is 0 Å². The molecule has 0 saturated carbocycles. The fourth-order valence-corrected chi connectivity index (χ4v) is 2.83. The number of amides is 1. The Balaban J connectivity index is 1.66. The second-order valence-electron chi connectivity index (χ2n) is 5.32. The van der Waals surface area contributed by atoms with Gasteiger partial charge >= 0.3 is 0 Å². The maximum Gasteiger partial charge on any atom is 0.250 e. The zero-order chi connectivity index (χ0) is 17.6. The van der Waals surface area contributed by atoms with Gasteiger partial charge in [-0.25, -0.2) is 0 Å². The van der Waals surface area contributed by atoms with Crippen molar-refractivity contribution < 1.29 is 4.79 Å². The van der Waals surface area contributed by atoms with Crippen molar-refractivity contribution in [1.82, 2.24) is 5.32 Å². The average Bonchev–Trinajstić information content (AvgIpc) is 2.61. The smallest absolute Gasteiger partial charge is 0.250 e. The predicted octanol–water partition coefficient (Wildman–Crippen LogP) is 5.02. The number of benzene rings is 3. The molecule has 0 unspecified atom stereocenters. The molecule has 1 amide bonds. The molecule has 0 aliphatic heterocycles. The number of carbonyl (C=O) groups excluding carboxylic acids is 1. The van der Waals surface area contributed by atoms with Crippen LogP contribution >= 0.6 is 23.8 Å². The molecule has 3 aromatic rings. The third-order valence-electron chi connectivity index (χ3n) is 3.59. The summed E-state index contributed by atoms with van der Waals surface area (Å²) < 4.78 is 0. The summed E-state index contributed by atoms with van der Waals surface area (Å²) in [6, 6.07) is 21.1. The number of fused-ring (bicyclic) bond motifs is 1. The van der Waals surface area contributed by atoms with Crippen molar-refractivity contribution in [2.24, 2.45) is 0 Å². The number of nitrogens with one attached hydrogen (secondary N) is 2. The zero-order valence-electron chi connectivity index (χ0n) is 13.2. The van der Waals surface area contributed by atoms with Gasteiger partial charge in [-0.2, -0.15) is 0 Å². The zero-order valence-corrected chi connectivity index (χ0v) is 14.8. The average molecular weight is 367 g/mol. The molecule has 0 aromatic heterocycles. The number of hydrogen-bond donors (Lipinski definition) is 2. The van der Waals surface area contributed by atoms with E-state index in [0.717, 1.165) is 22.0 Å². The lowest BCUT2D eigenvalue weighted by Crippen LogP contribution is -2.32. The maximum atomic E-state index is 12.0. The van der Waals surface area contributed by atoms with E-state index in [4.69, 9.17) is 23.8 Å². The molecule has 0 heterocycles. The van der Waals surface area contributed by atoms with Gasteiger partial charge < -0.3 is 5.32 Å². The van der Waals surface area contributed by atoms with E-state index in [1.807, 2.05) is 60.7 Å². The SMILES string of the molecule is O=C(C=Cc1ccccc1Cl)NC(=S)Nc1cccc2ccccc12. The minimum atomic E-state index is -0.322. The van der Waals surface area contributed by atoms with E-state index in [9.17, 15) is 4.79 Å². The Kier molecular flexibility index (Phi) is 5.43. The van der Waals surface area contributed by atoms with Gasteiger partial charge in [-0.3, -0.25) is 10.1 Å². The van der Waals surface area contributed by atoms with E-state index < -0.39 is 0 Å². The summed E-state index contributed by atoms with van der Waals surface area (Å²) in [7, 11) is 0. The van der Waals surface area contributed by atoms with E-state index in [-0.39, 0.29) is 11.0 Å². The molecule has 0 saturated heterocycles. The summed E-state index contributed by atoms with van der Waals surface area (Å²) in [5.41, 5.74) is 1.62. The van der Waals surface area contributed by atoms with Crippen LogP contribution in [0.2, 0.25) is 5.02 Å². The Morgan fingerprint density at radius 3 is 2.52 bits per heavy atom. The number of rotatable bonds is 3. The topological polar surface area (TPSA) is 41.1 Å². The van der Waals surface area contributed by atoms with E-state index in [1.54, 1.807) is 12.1 Å². The molecule has 0 aliphatic rings. The first-order valence-electron chi connectivity index (χ1n) is 7.66. The second-order valence-corrected chi connectivity index (χ2v) is 6.14. The van der Waals surface area contributed by atoms with Crippen molar-refractivity contribution in [3.8, 4) is 0 Å². The normalized spacial score (nSPS) is 10.8. The molecule has 0 bridgehead atoms. The molecule has 3 rings (SSSR count). The van der Waals surface area contributed by atoms with Crippen molar-refractivity contribution in [3.63, 3.8) is 0 Å². The van der Waals surface area contributed by atoms with E-state index in [1.165, 1.54) is 6.08 Å². The van der Waals surface area contributed by atoms with Crippen LogP contribution in [0, 0.1) is 0 Å². The van der Waals surface area contributed by atoms with Crippen molar-refractivity contribution in [3.05, 3.63) is 83.4 Å². The number of halogens is 1. The van der Waals surface area contributed by atoms with Gasteiger partial charge in [0.05, 0.1) is 0 Å². The fraction of sp³-hybridized carbons (Fsp3) is 0. The molecule has 0 spiro atoms. The van der Waals surface area contributed by atoms with Crippen LogP contribution in [0.1, 0.15) is 5.56 Å². The molecule has 3 nitrogen and oxygen atoms in total. The Morgan fingerprint density at radius 2 is 1.68 bits per heavy atom. The molecule has 0 radical (unpaired) electrons. The van der Waals surface area contributed by atoms with Gasteiger partial charge in [-0.1, -0.05) is 66.2 Å².